The van der Waals surface area contributed by atoms with Crippen molar-refractivity contribution >= 4 is 11.7 Å². The van der Waals surface area contributed by atoms with Crippen molar-refractivity contribution in [2.24, 2.45) is 11.1 Å². The topological polar surface area (TPSA) is 69.9 Å². The fourth-order valence-corrected chi connectivity index (χ4v) is 1.13. The van der Waals surface area contributed by atoms with E-state index in [2.05, 4.69) is 5.16 Å². The van der Waals surface area contributed by atoms with Gasteiger partial charge in [0.25, 0.3) is 0 Å². The second kappa shape index (κ2) is 2.68. The van der Waals surface area contributed by atoms with Gasteiger partial charge in [-0.3, -0.25) is 4.79 Å². The van der Waals surface area contributed by atoms with Gasteiger partial charge in [0.1, 0.15) is 0 Å². The highest BCUT2D eigenvalue weighted by Gasteiger charge is 2.26. The molecule has 0 aliphatic heterocycles. The number of carbonyl (C=O) groups is 1. The monoisotopic (exact) mass is 143 g/mol. The minimum atomic E-state index is -0.793. The first-order chi connectivity index (χ1) is 4.74. The van der Waals surface area contributed by atoms with Crippen molar-refractivity contribution in [1.82, 2.24) is 0 Å². The Bertz CT molecular complexity index is 176. The fourth-order valence-electron chi connectivity index (χ4n) is 1.13. The van der Waals surface area contributed by atoms with Crippen LogP contribution in [0.4, 0.5) is 0 Å². The van der Waals surface area contributed by atoms with Crippen molar-refractivity contribution in [3.8, 4) is 0 Å². The lowest BCUT2D eigenvalue weighted by Gasteiger charge is -1.97. The number of carboxylic acids is 1. The van der Waals surface area contributed by atoms with Gasteiger partial charge in [0.2, 0.25) is 0 Å². The van der Waals surface area contributed by atoms with E-state index in [4.69, 9.17) is 10.3 Å². The third kappa shape index (κ3) is 1.26. The molecule has 1 atom stereocenters. The molecular formula is C6H9NO3. The van der Waals surface area contributed by atoms with Crippen LogP contribution in [0.3, 0.4) is 0 Å². The highest BCUT2D eigenvalue weighted by molar-refractivity contribution is 5.90. The quantitative estimate of drug-likeness (QED) is 0.419. The highest BCUT2D eigenvalue weighted by Crippen LogP contribution is 2.22. The number of nitrogens with zero attached hydrogens (tertiary/aromatic N) is 1. The zero-order chi connectivity index (χ0) is 7.56. The Hall–Kier alpha value is -1.06. The van der Waals surface area contributed by atoms with Crippen LogP contribution < -0.4 is 0 Å². The Kier molecular flexibility index (Phi) is 1.89. The van der Waals surface area contributed by atoms with Crippen molar-refractivity contribution < 1.29 is 15.1 Å². The number of hydrogen-bond acceptors (Lipinski definition) is 3. The molecule has 0 bridgehead atoms. The second-order valence-corrected chi connectivity index (χ2v) is 2.44. The molecule has 1 fully saturated rings. The summed E-state index contributed by atoms with van der Waals surface area (Å²) in [4.78, 5) is 10.3. The number of hydrogen-bond donors (Lipinski definition) is 2. The van der Waals surface area contributed by atoms with Gasteiger partial charge in [-0.05, 0) is 12.8 Å². The van der Waals surface area contributed by atoms with Crippen LogP contribution in [0.2, 0.25) is 0 Å². The third-order valence-corrected chi connectivity index (χ3v) is 1.75. The van der Waals surface area contributed by atoms with Crippen LogP contribution >= 0.6 is 0 Å². The fraction of sp³-hybridized carbons (Fsp3) is 0.667. The Morgan fingerprint density at radius 2 is 2.40 bits per heavy atom. The number of rotatable bonds is 1. The predicted octanol–water partition coefficient (Wildman–Crippen LogP) is 0.701. The van der Waals surface area contributed by atoms with Crippen molar-refractivity contribution in [3.05, 3.63) is 0 Å². The zero-order valence-corrected chi connectivity index (χ0v) is 5.45. The predicted molar refractivity (Wildman–Crippen MR) is 34.2 cm³/mol. The Morgan fingerprint density at radius 1 is 1.70 bits per heavy atom. The molecule has 4 nitrogen and oxygen atoms in total. The van der Waals surface area contributed by atoms with E-state index in [1.54, 1.807) is 0 Å². The van der Waals surface area contributed by atoms with Gasteiger partial charge in [-0.25, -0.2) is 0 Å². The summed E-state index contributed by atoms with van der Waals surface area (Å²) >= 11 is 0. The molecule has 4 heteroatoms. The first-order valence-electron chi connectivity index (χ1n) is 3.16. The minimum absolute atomic E-state index is 0.328. The maximum atomic E-state index is 10.3. The van der Waals surface area contributed by atoms with Crippen molar-refractivity contribution in [3.63, 3.8) is 0 Å². The van der Waals surface area contributed by atoms with E-state index < -0.39 is 5.97 Å². The maximum Gasteiger partial charge on any atom is 0.306 e. The van der Waals surface area contributed by atoms with Crippen molar-refractivity contribution in [1.29, 1.82) is 0 Å². The van der Waals surface area contributed by atoms with Crippen LogP contribution in [0.25, 0.3) is 0 Å². The minimum Gasteiger partial charge on any atom is -0.481 e. The van der Waals surface area contributed by atoms with E-state index in [9.17, 15) is 4.79 Å². The molecule has 56 valence electrons. The number of carboxylic acid groups (broad SMARTS) is 1. The SMILES string of the molecule is O=C(O)C1CC/C(=N/O)C1. The normalized spacial score (nSPS) is 29.2. The second-order valence-electron chi connectivity index (χ2n) is 2.44. The van der Waals surface area contributed by atoms with E-state index >= 15 is 0 Å². The molecule has 0 aromatic heterocycles. The smallest absolute Gasteiger partial charge is 0.306 e. The summed E-state index contributed by atoms with van der Waals surface area (Å²) in [5.41, 5.74) is 0.604. The van der Waals surface area contributed by atoms with Crippen LogP contribution in [-0.4, -0.2) is 22.0 Å². The first-order valence-corrected chi connectivity index (χ1v) is 3.16. The Balaban J connectivity index is 2.51. The number of aliphatic carboxylic acids is 1. The summed E-state index contributed by atoms with van der Waals surface area (Å²) in [5.74, 6) is -1.12. The van der Waals surface area contributed by atoms with Gasteiger partial charge in [0.05, 0.1) is 11.6 Å². The van der Waals surface area contributed by atoms with Gasteiger partial charge in [-0.15, -0.1) is 0 Å². The molecule has 0 heterocycles. The van der Waals surface area contributed by atoms with Gasteiger partial charge < -0.3 is 10.3 Å². The average molecular weight is 143 g/mol. The molecule has 1 saturated carbocycles. The molecule has 0 spiro atoms. The average Bonchev–Trinajstić information content (AvgIpc) is 2.34. The summed E-state index contributed by atoms with van der Waals surface area (Å²) in [6.45, 7) is 0. The molecule has 2 N–H and O–H groups in total. The van der Waals surface area contributed by atoms with Crippen LogP contribution in [0.15, 0.2) is 5.16 Å². The van der Waals surface area contributed by atoms with Crippen LogP contribution in [0.1, 0.15) is 19.3 Å². The molecule has 0 amide bonds. The third-order valence-electron chi connectivity index (χ3n) is 1.75. The molecule has 1 aliphatic rings. The van der Waals surface area contributed by atoms with E-state index in [0.29, 0.717) is 25.0 Å². The van der Waals surface area contributed by atoms with Crippen molar-refractivity contribution in [2.45, 2.75) is 19.3 Å². The van der Waals surface area contributed by atoms with Gasteiger partial charge in [0, 0.05) is 6.42 Å². The van der Waals surface area contributed by atoms with Gasteiger partial charge >= 0.3 is 5.97 Å². The summed E-state index contributed by atoms with van der Waals surface area (Å²) in [6.07, 6.45) is 1.63. The summed E-state index contributed by atoms with van der Waals surface area (Å²) in [7, 11) is 0. The molecule has 0 radical (unpaired) electrons. The lowest BCUT2D eigenvalue weighted by Crippen LogP contribution is -2.09. The standard InChI is InChI=1S/C6H9NO3/c8-6(9)4-1-2-5(3-4)7-10/h4,10H,1-3H2,(H,8,9)/b7-5-. The molecular weight excluding hydrogens is 134 g/mol. The molecule has 0 aromatic rings. The largest absolute Gasteiger partial charge is 0.481 e. The van der Waals surface area contributed by atoms with Crippen LogP contribution in [0, 0.1) is 5.92 Å². The highest BCUT2D eigenvalue weighted by atomic mass is 16.4. The van der Waals surface area contributed by atoms with Gasteiger partial charge in [-0.1, -0.05) is 5.16 Å². The summed E-state index contributed by atoms with van der Waals surface area (Å²) in [6, 6.07) is 0. The van der Waals surface area contributed by atoms with Crippen LogP contribution in [0.5, 0.6) is 0 Å². The van der Waals surface area contributed by atoms with Gasteiger partial charge in [-0.2, -0.15) is 0 Å². The van der Waals surface area contributed by atoms with E-state index in [1.807, 2.05) is 0 Å². The van der Waals surface area contributed by atoms with Gasteiger partial charge in [0.15, 0.2) is 0 Å². The molecule has 1 unspecified atom stereocenters. The lowest BCUT2D eigenvalue weighted by molar-refractivity contribution is -0.141. The molecule has 1 rings (SSSR count). The maximum absolute atomic E-state index is 10.3. The summed E-state index contributed by atoms with van der Waals surface area (Å²) in [5, 5.41) is 19.7. The van der Waals surface area contributed by atoms with Crippen LogP contribution in [-0.2, 0) is 4.79 Å². The molecule has 10 heavy (non-hydrogen) atoms. The van der Waals surface area contributed by atoms with Crippen molar-refractivity contribution in [2.75, 3.05) is 0 Å². The molecule has 0 aromatic carbocycles. The lowest BCUT2D eigenvalue weighted by atomic mass is 10.1. The van der Waals surface area contributed by atoms with E-state index in [0.717, 1.165) is 0 Å². The summed E-state index contributed by atoms with van der Waals surface area (Å²) < 4.78 is 0. The molecule has 1 aliphatic carbocycles. The molecule has 0 saturated heterocycles. The first kappa shape index (κ1) is 7.05. The Labute approximate surface area is 58.2 Å². The number of oxime groups is 1. The zero-order valence-electron chi connectivity index (χ0n) is 5.45. The van der Waals surface area contributed by atoms with E-state index in [-0.39, 0.29) is 5.92 Å². The van der Waals surface area contributed by atoms with E-state index in [1.165, 1.54) is 0 Å². The Morgan fingerprint density at radius 3 is 2.70 bits per heavy atom.